The second kappa shape index (κ2) is 7.26. The Labute approximate surface area is 180 Å². The highest BCUT2D eigenvalue weighted by Gasteiger charge is 2.61. The van der Waals surface area contributed by atoms with Crippen molar-refractivity contribution in [3.63, 3.8) is 0 Å². The van der Waals surface area contributed by atoms with E-state index < -0.39 is 11.2 Å². The van der Waals surface area contributed by atoms with Crippen molar-refractivity contribution in [1.82, 2.24) is 0 Å². The Morgan fingerprint density at radius 2 is 2.00 bits per heavy atom. The van der Waals surface area contributed by atoms with Crippen LogP contribution in [0.2, 0.25) is 10.0 Å². The Morgan fingerprint density at radius 1 is 1.24 bits per heavy atom. The van der Waals surface area contributed by atoms with E-state index in [1.54, 1.807) is 24.3 Å². The summed E-state index contributed by atoms with van der Waals surface area (Å²) in [6.45, 7) is 4.00. The molecule has 1 spiro atoms. The molecule has 0 aromatic heterocycles. The average Bonchev–Trinajstić information content (AvgIpc) is 3.16. The SMILES string of the molecule is CC(C)(CO)C[C@@H]1CC[C@H](c2cccc(Cl)c2F)[C@]12C(=O)Nc1cc(Cl)ccc12. The van der Waals surface area contributed by atoms with Crippen LogP contribution in [0.4, 0.5) is 10.1 Å². The molecular formula is C23H24Cl2FNO2. The summed E-state index contributed by atoms with van der Waals surface area (Å²) in [5.41, 5.74) is 0.739. The molecule has 154 valence electrons. The molecule has 1 aliphatic carbocycles. The molecule has 4 rings (SSSR count). The zero-order chi connectivity index (χ0) is 21.0. The van der Waals surface area contributed by atoms with Crippen LogP contribution in [0.1, 0.15) is 50.2 Å². The van der Waals surface area contributed by atoms with Gasteiger partial charge in [-0.2, -0.15) is 0 Å². The van der Waals surface area contributed by atoms with E-state index in [0.717, 1.165) is 12.0 Å². The van der Waals surface area contributed by atoms with Crippen LogP contribution in [0.3, 0.4) is 0 Å². The first kappa shape index (κ1) is 20.6. The number of amides is 1. The summed E-state index contributed by atoms with van der Waals surface area (Å²) >= 11 is 12.3. The fourth-order valence-corrected chi connectivity index (χ4v) is 5.73. The molecule has 1 saturated carbocycles. The van der Waals surface area contributed by atoms with E-state index in [9.17, 15) is 9.90 Å². The van der Waals surface area contributed by atoms with E-state index in [1.165, 1.54) is 6.07 Å². The van der Waals surface area contributed by atoms with Gasteiger partial charge in [-0.1, -0.05) is 55.2 Å². The third-order valence-electron chi connectivity index (χ3n) is 6.63. The Hall–Kier alpha value is -1.62. The van der Waals surface area contributed by atoms with Crippen molar-refractivity contribution >= 4 is 34.8 Å². The van der Waals surface area contributed by atoms with Gasteiger partial charge in [0, 0.05) is 23.2 Å². The number of benzene rings is 2. The van der Waals surface area contributed by atoms with Crippen molar-refractivity contribution in [3.05, 3.63) is 63.4 Å². The summed E-state index contributed by atoms with van der Waals surface area (Å²) in [7, 11) is 0. The van der Waals surface area contributed by atoms with Crippen LogP contribution in [0, 0.1) is 17.2 Å². The monoisotopic (exact) mass is 435 g/mol. The topological polar surface area (TPSA) is 49.3 Å². The molecule has 0 saturated heterocycles. The van der Waals surface area contributed by atoms with Gasteiger partial charge in [-0.05, 0) is 59.9 Å². The molecule has 1 heterocycles. The molecule has 2 aromatic rings. The molecule has 1 fully saturated rings. The minimum atomic E-state index is -0.919. The summed E-state index contributed by atoms with van der Waals surface area (Å²) in [6, 6.07) is 10.4. The van der Waals surface area contributed by atoms with E-state index in [0.29, 0.717) is 29.1 Å². The zero-order valence-electron chi connectivity index (χ0n) is 16.4. The fourth-order valence-electron chi connectivity index (χ4n) is 5.37. The zero-order valence-corrected chi connectivity index (χ0v) is 17.9. The van der Waals surface area contributed by atoms with Crippen molar-refractivity contribution in [3.8, 4) is 0 Å². The number of carbonyl (C=O) groups excluding carboxylic acids is 1. The normalized spacial score (nSPS) is 26.1. The number of hydrogen-bond donors (Lipinski definition) is 2. The van der Waals surface area contributed by atoms with E-state index in [-0.39, 0.29) is 34.8 Å². The van der Waals surface area contributed by atoms with Gasteiger partial charge < -0.3 is 10.4 Å². The number of rotatable bonds is 4. The van der Waals surface area contributed by atoms with Gasteiger partial charge in [0.2, 0.25) is 5.91 Å². The molecule has 0 bridgehead atoms. The standard InChI is InChI=1S/C23H24Cl2FNO2/c1-22(2,12-28)11-13-6-8-16(15-4-3-5-18(25)20(15)26)23(13)17-9-7-14(24)10-19(17)27-21(23)29/h3-5,7,9-10,13,16,28H,6,8,11-12H2,1-2H3,(H,27,29)/t13-,16+,23+/m0/s1. The number of nitrogens with one attached hydrogen (secondary N) is 1. The van der Waals surface area contributed by atoms with Crippen LogP contribution in [0.5, 0.6) is 0 Å². The van der Waals surface area contributed by atoms with Gasteiger partial charge in [-0.3, -0.25) is 4.79 Å². The Bertz CT molecular complexity index is 977. The van der Waals surface area contributed by atoms with Gasteiger partial charge in [-0.15, -0.1) is 0 Å². The molecule has 2 N–H and O–H groups in total. The van der Waals surface area contributed by atoms with Crippen LogP contribution < -0.4 is 5.32 Å². The highest BCUT2D eigenvalue weighted by molar-refractivity contribution is 6.31. The maximum atomic E-state index is 15.1. The van der Waals surface area contributed by atoms with Crippen LogP contribution in [0.25, 0.3) is 0 Å². The van der Waals surface area contributed by atoms with E-state index in [4.69, 9.17) is 23.2 Å². The molecule has 2 aromatic carbocycles. The second-order valence-corrected chi connectivity index (χ2v) is 9.85. The van der Waals surface area contributed by atoms with Gasteiger partial charge in [0.25, 0.3) is 0 Å². The molecule has 3 atom stereocenters. The molecular weight excluding hydrogens is 412 g/mol. The average molecular weight is 436 g/mol. The number of anilines is 1. The lowest BCUT2D eigenvalue weighted by Gasteiger charge is -2.38. The lowest BCUT2D eigenvalue weighted by Crippen LogP contribution is -2.44. The molecule has 6 heteroatoms. The first-order chi connectivity index (χ1) is 13.7. The Balaban J connectivity index is 1.92. The molecule has 29 heavy (non-hydrogen) atoms. The minimum absolute atomic E-state index is 0.0187. The van der Waals surface area contributed by atoms with Gasteiger partial charge in [0.15, 0.2) is 0 Å². The summed E-state index contributed by atoms with van der Waals surface area (Å²) in [5.74, 6) is -0.982. The highest BCUT2D eigenvalue weighted by Crippen LogP contribution is 2.62. The molecule has 0 radical (unpaired) electrons. The Morgan fingerprint density at radius 3 is 2.72 bits per heavy atom. The lowest BCUT2D eigenvalue weighted by atomic mass is 9.62. The van der Waals surface area contributed by atoms with Gasteiger partial charge in [0.1, 0.15) is 5.82 Å². The number of carbonyl (C=O) groups is 1. The first-order valence-corrected chi connectivity index (χ1v) is 10.6. The van der Waals surface area contributed by atoms with Gasteiger partial charge >= 0.3 is 0 Å². The molecule has 3 nitrogen and oxygen atoms in total. The highest BCUT2D eigenvalue weighted by atomic mass is 35.5. The maximum Gasteiger partial charge on any atom is 0.236 e. The minimum Gasteiger partial charge on any atom is -0.396 e. The number of aliphatic hydroxyl groups excluding tert-OH is 1. The van der Waals surface area contributed by atoms with E-state index >= 15 is 4.39 Å². The summed E-state index contributed by atoms with van der Waals surface area (Å²) in [6.07, 6.45) is 2.08. The number of aliphatic hydroxyl groups is 1. The van der Waals surface area contributed by atoms with Gasteiger partial charge in [-0.25, -0.2) is 4.39 Å². The van der Waals surface area contributed by atoms with Gasteiger partial charge in [0.05, 0.1) is 10.4 Å². The van der Waals surface area contributed by atoms with Crippen LogP contribution in [-0.4, -0.2) is 17.6 Å². The predicted molar refractivity (Wildman–Crippen MR) is 114 cm³/mol. The Kier molecular flexibility index (Phi) is 5.17. The summed E-state index contributed by atoms with van der Waals surface area (Å²) < 4.78 is 15.1. The van der Waals surface area contributed by atoms with Crippen molar-refractivity contribution < 1.29 is 14.3 Å². The van der Waals surface area contributed by atoms with Crippen molar-refractivity contribution in [2.45, 2.75) is 44.4 Å². The predicted octanol–water partition coefficient (Wildman–Crippen LogP) is 5.92. The fraction of sp³-hybridized carbons (Fsp3) is 0.435. The summed E-state index contributed by atoms with van der Waals surface area (Å²) in [5, 5.41) is 13.4. The smallest absolute Gasteiger partial charge is 0.236 e. The lowest BCUT2D eigenvalue weighted by molar-refractivity contribution is -0.123. The van der Waals surface area contributed by atoms with Crippen molar-refractivity contribution in [1.29, 1.82) is 0 Å². The molecule has 2 aliphatic rings. The van der Waals surface area contributed by atoms with E-state index in [1.807, 2.05) is 19.9 Å². The molecule has 1 amide bonds. The third kappa shape index (κ3) is 3.17. The molecule has 0 unspecified atom stereocenters. The van der Waals surface area contributed by atoms with E-state index in [2.05, 4.69) is 5.32 Å². The van der Waals surface area contributed by atoms with Crippen LogP contribution in [0.15, 0.2) is 36.4 Å². The maximum absolute atomic E-state index is 15.1. The second-order valence-electron chi connectivity index (χ2n) is 9.01. The van der Waals surface area contributed by atoms with Crippen molar-refractivity contribution in [2.75, 3.05) is 11.9 Å². The quantitative estimate of drug-likeness (QED) is 0.625. The summed E-state index contributed by atoms with van der Waals surface area (Å²) in [4.78, 5) is 13.6. The van der Waals surface area contributed by atoms with Crippen LogP contribution in [-0.2, 0) is 10.2 Å². The first-order valence-electron chi connectivity index (χ1n) is 9.87. The number of fused-ring (bicyclic) bond motifs is 2. The largest absolute Gasteiger partial charge is 0.396 e. The third-order valence-corrected chi connectivity index (χ3v) is 7.16. The number of halogens is 3. The van der Waals surface area contributed by atoms with Crippen molar-refractivity contribution in [2.24, 2.45) is 11.3 Å². The number of hydrogen-bond acceptors (Lipinski definition) is 2. The van der Waals surface area contributed by atoms with Crippen LogP contribution >= 0.6 is 23.2 Å². The molecule has 1 aliphatic heterocycles.